The summed E-state index contributed by atoms with van der Waals surface area (Å²) in [5.74, 6) is -1.44. The fourth-order valence-electron chi connectivity index (χ4n) is 1.16. The number of alkyl halides is 2. The first-order chi connectivity index (χ1) is 6.99. The third kappa shape index (κ3) is 2.29. The quantitative estimate of drug-likeness (QED) is 0.887. The lowest BCUT2D eigenvalue weighted by molar-refractivity contribution is 0.0682. The number of hydrogen-bond acceptors (Lipinski definition) is 3. The van der Waals surface area contributed by atoms with Gasteiger partial charge in [-0.1, -0.05) is 0 Å². The molecule has 0 saturated carbocycles. The molecule has 0 aromatic carbocycles. The zero-order valence-electron chi connectivity index (χ0n) is 7.38. The van der Waals surface area contributed by atoms with Gasteiger partial charge in [0.05, 0.1) is 21.3 Å². The summed E-state index contributed by atoms with van der Waals surface area (Å²) in [5.41, 5.74) is 3.99. The number of pyridine rings is 1. The van der Waals surface area contributed by atoms with Crippen molar-refractivity contribution in [3.63, 3.8) is 0 Å². The van der Waals surface area contributed by atoms with Crippen LogP contribution >= 0.6 is 15.9 Å². The Morgan fingerprint density at radius 2 is 2.27 bits per heavy atom. The minimum atomic E-state index is -2.92. The third-order valence-electron chi connectivity index (χ3n) is 1.78. The molecule has 0 unspecified atom stereocenters. The van der Waals surface area contributed by atoms with Crippen molar-refractivity contribution in [2.75, 3.05) is 0 Å². The van der Waals surface area contributed by atoms with Crippen molar-refractivity contribution in [2.45, 2.75) is 13.0 Å². The van der Waals surface area contributed by atoms with Crippen LogP contribution in [0, 0.1) is 0 Å². The first-order valence-electron chi connectivity index (χ1n) is 3.87. The average molecular weight is 281 g/mol. The van der Waals surface area contributed by atoms with E-state index < -0.39 is 23.5 Å². The van der Waals surface area contributed by atoms with Crippen LogP contribution in [-0.2, 0) is 6.54 Å². The summed E-state index contributed by atoms with van der Waals surface area (Å²) < 4.78 is 25.3. The normalized spacial score (nSPS) is 10.7. The molecule has 0 fully saturated rings. The van der Waals surface area contributed by atoms with E-state index in [-0.39, 0.29) is 16.7 Å². The zero-order chi connectivity index (χ0) is 11.6. The Morgan fingerprint density at radius 1 is 1.67 bits per heavy atom. The predicted octanol–water partition coefficient (Wildman–Crippen LogP) is 1.94. The number of hydrogen-bond donors (Lipinski definition) is 2. The fourth-order valence-corrected chi connectivity index (χ4v) is 1.64. The van der Waals surface area contributed by atoms with Crippen LogP contribution in [0.4, 0.5) is 8.78 Å². The van der Waals surface area contributed by atoms with Gasteiger partial charge in [-0.25, -0.2) is 13.6 Å². The Kier molecular flexibility index (Phi) is 3.70. The Hall–Kier alpha value is -1.08. The number of carboxylic acid groups (broad SMARTS) is 1. The van der Waals surface area contributed by atoms with E-state index in [1.54, 1.807) is 0 Å². The van der Waals surface area contributed by atoms with E-state index in [0.717, 1.165) is 6.20 Å². The van der Waals surface area contributed by atoms with Crippen LogP contribution in [-0.4, -0.2) is 16.1 Å². The van der Waals surface area contributed by atoms with E-state index in [0.29, 0.717) is 0 Å². The number of aromatic carboxylic acids is 1. The summed E-state index contributed by atoms with van der Waals surface area (Å²) in [6.07, 6.45) is -1.77. The molecule has 1 heterocycles. The van der Waals surface area contributed by atoms with Gasteiger partial charge in [0.25, 0.3) is 6.43 Å². The summed E-state index contributed by atoms with van der Waals surface area (Å²) >= 11 is 2.86. The molecule has 0 radical (unpaired) electrons. The molecule has 7 heteroatoms. The van der Waals surface area contributed by atoms with E-state index in [1.165, 1.54) is 0 Å². The lowest BCUT2D eigenvalue weighted by Gasteiger charge is -2.10. The largest absolute Gasteiger partial charge is 0.478 e. The molecule has 0 aliphatic heterocycles. The van der Waals surface area contributed by atoms with Crippen LogP contribution in [0.5, 0.6) is 0 Å². The van der Waals surface area contributed by atoms with Crippen LogP contribution in [0.2, 0.25) is 0 Å². The second-order valence-corrected chi connectivity index (χ2v) is 3.51. The van der Waals surface area contributed by atoms with E-state index in [4.69, 9.17) is 10.8 Å². The summed E-state index contributed by atoms with van der Waals surface area (Å²) in [4.78, 5) is 14.4. The molecule has 0 bridgehead atoms. The van der Waals surface area contributed by atoms with Crippen molar-refractivity contribution in [2.24, 2.45) is 5.73 Å². The second-order valence-electron chi connectivity index (χ2n) is 2.65. The number of nitrogens with two attached hydrogens (primary N) is 1. The highest BCUT2D eigenvalue weighted by Crippen LogP contribution is 2.30. The van der Waals surface area contributed by atoms with Gasteiger partial charge in [0.2, 0.25) is 0 Å². The average Bonchev–Trinajstić information content (AvgIpc) is 2.16. The van der Waals surface area contributed by atoms with Crippen LogP contribution in [0.3, 0.4) is 0 Å². The maximum absolute atomic E-state index is 12.6. The van der Waals surface area contributed by atoms with Crippen molar-refractivity contribution in [3.05, 3.63) is 27.5 Å². The Bertz CT molecular complexity index is 398. The first kappa shape index (κ1) is 12.0. The van der Waals surface area contributed by atoms with Gasteiger partial charge >= 0.3 is 5.97 Å². The molecular weight excluding hydrogens is 274 g/mol. The maximum Gasteiger partial charge on any atom is 0.337 e. The molecule has 0 aliphatic carbocycles. The van der Waals surface area contributed by atoms with Gasteiger partial charge in [-0.2, -0.15) is 0 Å². The van der Waals surface area contributed by atoms with Gasteiger partial charge in [0.1, 0.15) is 0 Å². The Balaban J connectivity index is 3.51. The summed E-state index contributed by atoms with van der Waals surface area (Å²) in [5, 5.41) is 8.78. The summed E-state index contributed by atoms with van der Waals surface area (Å²) in [6.45, 7) is -0.229. The van der Waals surface area contributed by atoms with Crippen LogP contribution in [0.1, 0.15) is 28.0 Å². The van der Waals surface area contributed by atoms with Crippen molar-refractivity contribution in [1.82, 2.24) is 4.98 Å². The highest BCUT2D eigenvalue weighted by atomic mass is 79.9. The minimum Gasteiger partial charge on any atom is -0.478 e. The van der Waals surface area contributed by atoms with Crippen molar-refractivity contribution >= 4 is 21.9 Å². The van der Waals surface area contributed by atoms with Crippen molar-refractivity contribution < 1.29 is 18.7 Å². The molecular formula is C8H7BrF2N2O2. The zero-order valence-corrected chi connectivity index (χ0v) is 8.96. The molecule has 1 aromatic heterocycles. The van der Waals surface area contributed by atoms with E-state index >= 15 is 0 Å². The number of nitrogens with zero attached hydrogens (tertiary/aromatic N) is 1. The lowest BCUT2D eigenvalue weighted by Crippen LogP contribution is -2.12. The van der Waals surface area contributed by atoms with Crippen molar-refractivity contribution in [3.8, 4) is 0 Å². The molecule has 3 N–H and O–H groups in total. The van der Waals surface area contributed by atoms with Crippen LogP contribution in [0.25, 0.3) is 0 Å². The smallest absolute Gasteiger partial charge is 0.337 e. The number of carboxylic acids is 1. The van der Waals surface area contributed by atoms with Crippen LogP contribution in [0.15, 0.2) is 10.7 Å². The SMILES string of the molecule is NCc1ncc(Br)c(C(=O)O)c1C(F)F. The molecule has 4 nitrogen and oxygen atoms in total. The highest BCUT2D eigenvalue weighted by molar-refractivity contribution is 9.10. The molecule has 0 saturated heterocycles. The van der Waals surface area contributed by atoms with E-state index in [1.807, 2.05) is 0 Å². The second kappa shape index (κ2) is 4.63. The molecule has 82 valence electrons. The third-order valence-corrected chi connectivity index (χ3v) is 2.38. The van der Waals surface area contributed by atoms with Gasteiger partial charge in [-0.05, 0) is 15.9 Å². The van der Waals surface area contributed by atoms with Gasteiger partial charge in [-0.3, -0.25) is 4.98 Å². The molecule has 0 aliphatic rings. The number of halogens is 3. The van der Waals surface area contributed by atoms with Crippen molar-refractivity contribution in [1.29, 1.82) is 0 Å². The Labute approximate surface area is 92.2 Å². The van der Waals surface area contributed by atoms with Gasteiger partial charge < -0.3 is 10.8 Å². The van der Waals surface area contributed by atoms with E-state index in [9.17, 15) is 13.6 Å². The monoisotopic (exact) mass is 280 g/mol. The number of carbonyl (C=O) groups is 1. The lowest BCUT2D eigenvalue weighted by atomic mass is 10.1. The molecule has 0 spiro atoms. The first-order valence-corrected chi connectivity index (χ1v) is 4.67. The van der Waals surface area contributed by atoms with Gasteiger partial charge in [0.15, 0.2) is 0 Å². The fraction of sp³-hybridized carbons (Fsp3) is 0.250. The number of rotatable bonds is 3. The highest BCUT2D eigenvalue weighted by Gasteiger charge is 2.24. The molecule has 15 heavy (non-hydrogen) atoms. The molecule has 0 amide bonds. The van der Waals surface area contributed by atoms with E-state index in [2.05, 4.69) is 20.9 Å². The van der Waals surface area contributed by atoms with Crippen LogP contribution < -0.4 is 5.73 Å². The molecule has 1 rings (SSSR count). The Morgan fingerprint density at radius 3 is 2.67 bits per heavy atom. The predicted molar refractivity (Wildman–Crippen MR) is 51.7 cm³/mol. The maximum atomic E-state index is 12.6. The summed E-state index contributed by atoms with van der Waals surface area (Å²) in [6, 6.07) is 0. The van der Waals surface area contributed by atoms with Gasteiger partial charge in [-0.15, -0.1) is 0 Å². The van der Waals surface area contributed by atoms with Gasteiger partial charge in [0, 0.05) is 12.7 Å². The topological polar surface area (TPSA) is 76.2 Å². The standard InChI is InChI=1S/C8H7BrF2N2O2/c9-3-2-13-4(1-12)6(7(10)11)5(3)8(14)15/h2,7H,1,12H2,(H,14,15). The molecule has 0 atom stereocenters. The number of aromatic nitrogens is 1. The minimum absolute atomic E-state index is 0.0162. The summed E-state index contributed by atoms with van der Waals surface area (Å²) in [7, 11) is 0. The molecule has 1 aromatic rings.